The quantitative estimate of drug-likeness (QED) is 0.531. The van der Waals surface area contributed by atoms with Gasteiger partial charge in [0.25, 0.3) is 0 Å². The van der Waals surface area contributed by atoms with Crippen molar-refractivity contribution in [1.29, 1.82) is 0 Å². The lowest BCUT2D eigenvalue weighted by atomic mass is 10.3. The van der Waals surface area contributed by atoms with Crippen molar-refractivity contribution in [1.82, 2.24) is 15.3 Å². The molecule has 7 heteroatoms. The van der Waals surface area contributed by atoms with Crippen molar-refractivity contribution in [2.45, 2.75) is 10.9 Å². The minimum absolute atomic E-state index is 0.00138. The Balaban J connectivity index is 1.33. The van der Waals surface area contributed by atoms with E-state index >= 15 is 0 Å². The standard InChI is InChI=1S/C17H13N3OS3/c21-15(10-22-17-20-12-6-2-4-8-14(12)24-17)18-9-16-19-11-5-1-3-7-13(11)23-16/h1-8H,9-10H2,(H,18,21). The number of nitrogens with zero attached hydrogens (tertiary/aromatic N) is 2. The lowest BCUT2D eigenvalue weighted by molar-refractivity contribution is -0.118. The number of hydrogen-bond acceptors (Lipinski definition) is 6. The second kappa shape index (κ2) is 6.88. The molecule has 1 N–H and O–H groups in total. The summed E-state index contributed by atoms with van der Waals surface area (Å²) in [5.74, 6) is 0.364. The van der Waals surface area contributed by atoms with Crippen LogP contribution in [0.5, 0.6) is 0 Å². The topological polar surface area (TPSA) is 54.9 Å². The van der Waals surface area contributed by atoms with Gasteiger partial charge in [0.2, 0.25) is 5.91 Å². The van der Waals surface area contributed by atoms with Gasteiger partial charge in [0.15, 0.2) is 4.34 Å². The first-order chi connectivity index (χ1) is 11.8. The fourth-order valence-electron chi connectivity index (χ4n) is 2.26. The Labute approximate surface area is 151 Å². The van der Waals surface area contributed by atoms with E-state index in [1.807, 2.05) is 48.5 Å². The largest absolute Gasteiger partial charge is 0.349 e. The number of thiazole rings is 2. The molecule has 4 rings (SSSR count). The average molecular weight is 372 g/mol. The number of benzene rings is 2. The smallest absolute Gasteiger partial charge is 0.230 e. The van der Waals surface area contributed by atoms with E-state index in [9.17, 15) is 4.79 Å². The second-order valence-electron chi connectivity index (χ2n) is 5.09. The molecule has 2 aromatic heterocycles. The molecular weight excluding hydrogens is 358 g/mol. The zero-order valence-corrected chi connectivity index (χ0v) is 15.0. The minimum atomic E-state index is -0.00138. The molecule has 24 heavy (non-hydrogen) atoms. The molecule has 0 atom stereocenters. The molecule has 0 saturated heterocycles. The highest BCUT2D eigenvalue weighted by molar-refractivity contribution is 8.01. The lowest BCUT2D eigenvalue weighted by Gasteiger charge is -2.01. The molecule has 120 valence electrons. The zero-order valence-electron chi connectivity index (χ0n) is 12.6. The van der Waals surface area contributed by atoms with Crippen LogP contribution in [0.4, 0.5) is 0 Å². The van der Waals surface area contributed by atoms with Crippen LogP contribution in [-0.2, 0) is 11.3 Å². The number of para-hydroxylation sites is 2. The summed E-state index contributed by atoms with van der Waals surface area (Å²) in [5, 5.41) is 3.85. The maximum atomic E-state index is 12.0. The van der Waals surface area contributed by atoms with Crippen molar-refractivity contribution in [2.24, 2.45) is 0 Å². The van der Waals surface area contributed by atoms with Gasteiger partial charge in [0, 0.05) is 0 Å². The van der Waals surface area contributed by atoms with Crippen molar-refractivity contribution >= 4 is 60.8 Å². The molecule has 0 aliphatic rings. The molecular formula is C17H13N3OS3. The number of hydrogen-bond donors (Lipinski definition) is 1. The van der Waals surface area contributed by atoms with E-state index in [1.165, 1.54) is 11.8 Å². The molecule has 0 unspecified atom stereocenters. The van der Waals surface area contributed by atoms with Crippen LogP contribution in [-0.4, -0.2) is 21.6 Å². The Hall–Kier alpha value is -1.96. The maximum Gasteiger partial charge on any atom is 0.230 e. The summed E-state index contributed by atoms with van der Waals surface area (Å²) in [4.78, 5) is 21.1. The molecule has 0 saturated carbocycles. The maximum absolute atomic E-state index is 12.0. The highest BCUT2D eigenvalue weighted by atomic mass is 32.2. The molecule has 0 radical (unpaired) electrons. The molecule has 2 aromatic carbocycles. The summed E-state index contributed by atoms with van der Waals surface area (Å²) in [5.41, 5.74) is 1.97. The van der Waals surface area contributed by atoms with E-state index in [-0.39, 0.29) is 5.91 Å². The number of fused-ring (bicyclic) bond motifs is 2. The van der Waals surface area contributed by atoms with E-state index in [2.05, 4.69) is 15.3 Å². The van der Waals surface area contributed by atoms with Crippen molar-refractivity contribution in [3.63, 3.8) is 0 Å². The van der Waals surface area contributed by atoms with Crippen LogP contribution < -0.4 is 5.32 Å². The second-order valence-corrected chi connectivity index (χ2v) is 8.46. The van der Waals surface area contributed by atoms with Gasteiger partial charge in [-0.3, -0.25) is 4.79 Å². The monoisotopic (exact) mass is 371 g/mol. The van der Waals surface area contributed by atoms with Gasteiger partial charge in [-0.05, 0) is 24.3 Å². The Morgan fingerprint density at radius 3 is 2.33 bits per heavy atom. The van der Waals surface area contributed by atoms with Crippen LogP contribution in [0, 0.1) is 0 Å². The SMILES string of the molecule is O=C(CSc1nc2ccccc2s1)NCc1nc2ccccc2s1. The Kier molecular flexibility index (Phi) is 4.46. The van der Waals surface area contributed by atoms with Gasteiger partial charge in [-0.2, -0.15) is 0 Å². The summed E-state index contributed by atoms with van der Waals surface area (Å²) in [7, 11) is 0. The molecule has 4 aromatic rings. The molecule has 0 spiro atoms. The molecule has 0 aliphatic carbocycles. The first-order valence-electron chi connectivity index (χ1n) is 7.37. The Morgan fingerprint density at radius 1 is 0.958 bits per heavy atom. The summed E-state index contributed by atoms with van der Waals surface area (Å²) < 4.78 is 3.21. The molecule has 2 heterocycles. The number of amides is 1. The van der Waals surface area contributed by atoms with Gasteiger partial charge in [-0.15, -0.1) is 22.7 Å². The van der Waals surface area contributed by atoms with Crippen LogP contribution in [0.15, 0.2) is 52.9 Å². The van der Waals surface area contributed by atoms with Crippen molar-refractivity contribution in [2.75, 3.05) is 5.75 Å². The van der Waals surface area contributed by atoms with Gasteiger partial charge in [-0.25, -0.2) is 9.97 Å². The zero-order chi connectivity index (χ0) is 16.4. The number of aromatic nitrogens is 2. The van der Waals surface area contributed by atoms with Crippen LogP contribution >= 0.6 is 34.4 Å². The van der Waals surface area contributed by atoms with E-state index in [4.69, 9.17) is 0 Å². The highest BCUT2D eigenvalue weighted by Crippen LogP contribution is 2.29. The van der Waals surface area contributed by atoms with E-state index < -0.39 is 0 Å². The molecule has 1 amide bonds. The van der Waals surface area contributed by atoms with Crippen LogP contribution in [0.2, 0.25) is 0 Å². The van der Waals surface area contributed by atoms with Gasteiger partial charge >= 0.3 is 0 Å². The van der Waals surface area contributed by atoms with Crippen molar-refractivity contribution < 1.29 is 4.79 Å². The van der Waals surface area contributed by atoms with Gasteiger partial charge < -0.3 is 5.32 Å². The number of carbonyl (C=O) groups excluding carboxylic acids is 1. The van der Waals surface area contributed by atoms with Gasteiger partial charge in [0.1, 0.15) is 5.01 Å². The van der Waals surface area contributed by atoms with Crippen molar-refractivity contribution in [3.8, 4) is 0 Å². The third-order valence-corrected chi connectivity index (χ3v) is 6.59. The van der Waals surface area contributed by atoms with Crippen LogP contribution in [0.3, 0.4) is 0 Å². The highest BCUT2D eigenvalue weighted by Gasteiger charge is 2.09. The third-order valence-electron chi connectivity index (χ3n) is 3.38. The van der Waals surface area contributed by atoms with Gasteiger partial charge in [-0.1, -0.05) is 36.0 Å². The molecule has 0 fully saturated rings. The molecule has 4 nitrogen and oxygen atoms in total. The third kappa shape index (κ3) is 3.43. The fourth-order valence-corrected chi connectivity index (χ4v) is 5.07. The lowest BCUT2D eigenvalue weighted by Crippen LogP contribution is -2.24. The normalized spacial score (nSPS) is 11.2. The fraction of sp³-hybridized carbons (Fsp3) is 0.118. The predicted molar refractivity (Wildman–Crippen MR) is 102 cm³/mol. The minimum Gasteiger partial charge on any atom is -0.349 e. The molecule has 0 aliphatic heterocycles. The Bertz CT molecular complexity index is 862. The van der Waals surface area contributed by atoms with Crippen molar-refractivity contribution in [3.05, 3.63) is 53.5 Å². The summed E-state index contributed by atoms with van der Waals surface area (Å²) >= 11 is 4.70. The number of nitrogens with one attached hydrogen (secondary N) is 1. The van der Waals surface area contributed by atoms with E-state index in [0.29, 0.717) is 12.3 Å². The first kappa shape index (κ1) is 15.6. The summed E-state index contributed by atoms with van der Waals surface area (Å²) in [6, 6.07) is 16.0. The van der Waals surface area contributed by atoms with Crippen LogP contribution in [0.25, 0.3) is 20.4 Å². The summed E-state index contributed by atoms with van der Waals surface area (Å²) in [6.07, 6.45) is 0. The number of carbonyl (C=O) groups is 1. The number of thioether (sulfide) groups is 1. The van der Waals surface area contributed by atoms with Gasteiger partial charge in [0.05, 0.1) is 32.7 Å². The van der Waals surface area contributed by atoms with Crippen LogP contribution in [0.1, 0.15) is 5.01 Å². The predicted octanol–water partition coefficient (Wildman–Crippen LogP) is 4.31. The van der Waals surface area contributed by atoms with E-state index in [0.717, 1.165) is 29.8 Å². The average Bonchev–Trinajstić information content (AvgIpc) is 3.21. The molecule has 0 bridgehead atoms. The van der Waals surface area contributed by atoms with E-state index in [1.54, 1.807) is 22.7 Å². The summed E-state index contributed by atoms with van der Waals surface area (Å²) in [6.45, 7) is 0.471. The first-order valence-corrected chi connectivity index (χ1v) is 9.99. The number of rotatable bonds is 5. The Morgan fingerprint density at radius 2 is 1.62 bits per heavy atom.